The molecule has 0 aliphatic heterocycles. The normalized spacial score (nSPS) is 10.9. The number of aryl methyl sites for hydroxylation is 3. The third-order valence-corrected chi connectivity index (χ3v) is 20.3. The fourth-order valence-electron chi connectivity index (χ4n) is 11.3. The van der Waals surface area contributed by atoms with Gasteiger partial charge in [-0.25, -0.2) is 0 Å². The molecule has 0 unspecified atom stereocenters. The minimum absolute atomic E-state index is 0. The number of rotatable bonds is 10. The predicted molar refractivity (Wildman–Crippen MR) is 291 cm³/mol. The van der Waals surface area contributed by atoms with Gasteiger partial charge in [0.25, 0.3) is 0 Å². The summed E-state index contributed by atoms with van der Waals surface area (Å²) >= 11 is 0. The first kappa shape index (κ1) is 54.5. The number of halogens is 3. The van der Waals surface area contributed by atoms with E-state index in [1.165, 1.54) is 126 Å². The van der Waals surface area contributed by atoms with Crippen molar-refractivity contribution in [3.05, 3.63) is 257 Å². The summed E-state index contributed by atoms with van der Waals surface area (Å²) in [6.07, 6.45) is 0. The van der Waals surface area contributed by atoms with Gasteiger partial charge in [0, 0.05) is 0 Å². The second-order valence-corrected chi connectivity index (χ2v) is 22.0. The van der Waals surface area contributed by atoms with E-state index >= 15 is 0 Å². The number of hydrogen-bond donors (Lipinski definition) is 0. The average molecular weight is 1030 g/mol. The van der Waals surface area contributed by atoms with Crippen LogP contribution in [0.25, 0.3) is 66.8 Å². The Labute approximate surface area is 456 Å². The molecule has 0 aliphatic carbocycles. The maximum atomic E-state index is 2.52. The van der Waals surface area contributed by atoms with Crippen LogP contribution in [0.5, 0.6) is 0 Å². The molecular weight excluding hydrogens is 975 g/mol. The number of benzene rings is 9. The van der Waals surface area contributed by atoms with Gasteiger partial charge in [-0.3, -0.25) is 0 Å². The Hall–Kier alpha value is -5.87. The summed E-state index contributed by atoms with van der Waals surface area (Å²) in [4.78, 5) is 0. The first-order valence-corrected chi connectivity index (χ1v) is 25.7. The molecule has 0 atom stereocenters. The van der Waals surface area contributed by atoms with Crippen LogP contribution in [0.4, 0.5) is 0 Å². The van der Waals surface area contributed by atoms with Crippen molar-refractivity contribution in [2.75, 3.05) is 0 Å². The van der Waals surface area contributed by atoms with Crippen molar-refractivity contribution >= 4 is 28.8 Å². The van der Waals surface area contributed by atoms with Crippen molar-refractivity contribution in [2.45, 2.75) is 48.5 Å². The zero-order valence-electron chi connectivity index (χ0n) is 41.4. The van der Waals surface area contributed by atoms with E-state index in [0.29, 0.717) is 0 Å². The van der Waals surface area contributed by atoms with E-state index in [-0.39, 0.29) is 58.9 Å². The molecule has 10 aromatic carbocycles. The quantitative estimate of drug-likeness (QED) is 0.0904. The summed E-state index contributed by atoms with van der Waals surface area (Å²) in [5.74, 6) is 0. The van der Waals surface area contributed by atoms with Crippen LogP contribution in [-0.2, 0) is 21.7 Å². The standard InChI is InChI=1S/C66H57Si.3ClH.Ti/c1-44-38-57(51-26-14-8-15-27-51)41-60(54-32-20-11-21-33-54)63(44)67(66-49(6)47(4)48(5)50(66)7,64-45(2)39-58(52-28-16-9-17-29-52)42-61(64)55-34-22-12-23-35-55)65-46(3)40-59(53-30-18-10-19-31-53)43-62(65)56-36-24-13-25-37-56;;;;/h8-43H,1-7H3;3*1H;/q-1;;;;+4/p-3. The van der Waals surface area contributed by atoms with E-state index in [2.05, 4.69) is 267 Å². The molecule has 0 heterocycles. The van der Waals surface area contributed by atoms with Crippen molar-refractivity contribution in [3.8, 4) is 66.8 Å². The Morgan fingerprint density at radius 1 is 0.268 bits per heavy atom. The molecule has 0 N–H and O–H groups in total. The van der Waals surface area contributed by atoms with Gasteiger partial charge in [0.15, 0.2) is 0 Å². The minimum atomic E-state index is -3.59. The predicted octanol–water partition coefficient (Wildman–Crippen LogP) is 5.95. The van der Waals surface area contributed by atoms with Crippen molar-refractivity contribution in [1.82, 2.24) is 0 Å². The maximum absolute atomic E-state index is 3.59. The Morgan fingerprint density at radius 3 is 0.704 bits per heavy atom. The van der Waals surface area contributed by atoms with Crippen molar-refractivity contribution in [3.63, 3.8) is 0 Å². The Kier molecular flexibility index (Phi) is 17.7. The fourth-order valence-corrected chi connectivity index (χ4v) is 18.2. The zero-order chi connectivity index (χ0) is 46.2. The van der Waals surface area contributed by atoms with Crippen LogP contribution < -0.4 is 58.0 Å². The molecule has 0 fully saturated rings. The smallest absolute Gasteiger partial charge is 1.00 e. The molecule has 0 amide bonds. The summed E-state index contributed by atoms with van der Waals surface area (Å²) in [5.41, 5.74) is 24.3. The third-order valence-electron chi connectivity index (χ3n) is 14.5. The van der Waals surface area contributed by atoms with Crippen LogP contribution in [0.2, 0.25) is 0 Å². The summed E-state index contributed by atoms with van der Waals surface area (Å²) < 4.78 is 0. The monoisotopic (exact) mass is 1030 g/mol. The van der Waals surface area contributed by atoms with Gasteiger partial charge >= 0.3 is 21.7 Å². The second kappa shape index (κ2) is 23.1. The van der Waals surface area contributed by atoms with Crippen LogP contribution in [0.15, 0.2) is 218 Å². The van der Waals surface area contributed by atoms with E-state index < -0.39 is 8.07 Å². The SMILES string of the molecule is Cc1cc(-c2ccccc2)cc(-c2ccccc2)c1[Si](c1c(C)cc(-c2ccccc2)cc1-c1ccccc1)(c1c(C)cc(-c2ccccc2)cc1-c1ccccc1)[c-]1c(C)c(C)c(C)c1C.[Cl-].[Cl-].[Cl-].[Ti+4]. The second-order valence-electron chi connectivity index (χ2n) is 18.5. The fraction of sp³-hybridized carbons (Fsp3) is 0.106. The molecule has 0 aromatic heterocycles. The molecule has 0 saturated carbocycles. The van der Waals surface area contributed by atoms with Crippen molar-refractivity contribution in [1.29, 1.82) is 0 Å². The van der Waals surface area contributed by atoms with Crippen LogP contribution in [0.3, 0.4) is 0 Å². The molecule has 0 saturated heterocycles. The van der Waals surface area contributed by atoms with Gasteiger partial charge in [-0.15, -0.1) is 5.19 Å². The van der Waals surface area contributed by atoms with Gasteiger partial charge in [-0.2, -0.15) is 22.3 Å². The van der Waals surface area contributed by atoms with Gasteiger partial charge in [0.2, 0.25) is 0 Å². The molecule has 0 bridgehead atoms. The third kappa shape index (κ3) is 9.90. The van der Waals surface area contributed by atoms with Crippen LogP contribution in [0.1, 0.15) is 38.9 Å². The molecule has 10 aromatic rings. The molecule has 71 heavy (non-hydrogen) atoms. The summed E-state index contributed by atoms with van der Waals surface area (Å²) in [5, 5.41) is 5.82. The van der Waals surface area contributed by atoms with Gasteiger partial charge in [0.1, 0.15) is 8.07 Å². The van der Waals surface area contributed by atoms with Gasteiger partial charge in [-0.05, 0) is 121 Å². The topological polar surface area (TPSA) is 0 Å². The Bertz CT molecular complexity index is 3040. The Morgan fingerprint density at radius 2 is 0.479 bits per heavy atom. The first-order chi connectivity index (χ1) is 32.7. The molecule has 0 spiro atoms. The van der Waals surface area contributed by atoms with E-state index in [0.717, 1.165) is 0 Å². The molecule has 0 radical (unpaired) electrons. The van der Waals surface area contributed by atoms with E-state index in [1.54, 1.807) is 0 Å². The largest absolute Gasteiger partial charge is 4.00 e. The summed E-state index contributed by atoms with van der Waals surface area (Å²) in [6.45, 7) is 16.8. The van der Waals surface area contributed by atoms with Crippen LogP contribution >= 0.6 is 0 Å². The molecule has 0 aliphatic rings. The van der Waals surface area contributed by atoms with Gasteiger partial charge < -0.3 is 37.2 Å². The summed E-state index contributed by atoms with van der Waals surface area (Å²) in [7, 11) is -3.59. The minimum Gasteiger partial charge on any atom is -1.00 e. The molecule has 350 valence electrons. The number of hydrogen-bond acceptors (Lipinski definition) is 0. The molecule has 0 nitrogen and oxygen atoms in total. The van der Waals surface area contributed by atoms with Gasteiger partial charge in [-0.1, -0.05) is 245 Å². The van der Waals surface area contributed by atoms with E-state index in [1.807, 2.05) is 0 Å². The summed E-state index contributed by atoms with van der Waals surface area (Å²) in [6, 6.07) is 81.7. The molecule has 10 rings (SSSR count). The van der Waals surface area contributed by atoms with Crippen LogP contribution in [0, 0.1) is 48.5 Å². The van der Waals surface area contributed by atoms with E-state index in [9.17, 15) is 0 Å². The average Bonchev–Trinajstić information content (AvgIpc) is 3.57. The maximum Gasteiger partial charge on any atom is 4.00 e. The molecule has 5 heteroatoms. The molecular formula is C66H57Cl3SiTi. The first-order valence-electron chi connectivity index (χ1n) is 23.7. The Balaban J connectivity index is 0.00000206. The van der Waals surface area contributed by atoms with Crippen molar-refractivity contribution in [2.24, 2.45) is 0 Å². The van der Waals surface area contributed by atoms with Crippen molar-refractivity contribution < 1.29 is 58.9 Å². The van der Waals surface area contributed by atoms with Crippen LogP contribution in [-0.4, -0.2) is 8.07 Å². The van der Waals surface area contributed by atoms with Gasteiger partial charge in [0.05, 0.1) is 0 Å². The van der Waals surface area contributed by atoms with E-state index in [4.69, 9.17) is 0 Å². The zero-order valence-corrected chi connectivity index (χ0v) is 46.2.